The van der Waals surface area contributed by atoms with E-state index in [1.807, 2.05) is 0 Å². The summed E-state index contributed by atoms with van der Waals surface area (Å²) in [4.78, 5) is 23.2. The molecule has 0 unspecified atom stereocenters. The first kappa shape index (κ1) is 20.2. The lowest BCUT2D eigenvalue weighted by atomic mass is 10.1. The van der Waals surface area contributed by atoms with Crippen LogP contribution in [0.2, 0.25) is 0 Å². The third-order valence-corrected chi connectivity index (χ3v) is 3.82. The zero-order valence-corrected chi connectivity index (χ0v) is 14.6. The highest BCUT2D eigenvalue weighted by Gasteiger charge is 2.29. The van der Waals surface area contributed by atoms with Crippen molar-refractivity contribution in [2.45, 2.75) is 12.6 Å². The molecule has 2 rings (SSSR count). The van der Waals surface area contributed by atoms with E-state index in [9.17, 15) is 22.8 Å². The van der Waals surface area contributed by atoms with Gasteiger partial charge in [0.25, 0.3) is 5.91 Å². The minimum Gasteiger partial charge on any atom is -0.355 e. The maximum Gasteiger partial charge on any atom is 0.416 e. The largest absolute Gasteiger partial charge is 0.416 e. The number of benzene rings is 2. The third kappa shape index (κ3) is 6.29. The fraction of sp³-hybridized carbons (Fsp3) is 0.200. The van der Waals surface area contributed by atoms with Crippen LogP contribution in [0.25, 0.3) is 6.08 Å². The van der Waals surface area contributed by atoms with Gasteiger partial charge in [0, 0.05) is 25.2 Å². The van der Waals surface area contributed by atoms with Crippen LogP contribution in [0.3, 0.4) is 0 Å². The molecule has 2 aromatic rings. The third-order valence-electron chi connectivity index (χ3n) is 3.82. The van der Waals surface area contributed by atoms with E-state index in [0.29, 0.717) is 24.1 Å². The molecule has 0 saturated heterocycles. The van der Waals surface area contributed by atoms with Crippen molar-refractivity contribution in [1.29, 1.82) is 0 Å². The predicted molar refractivity (Wildman–Crippen MR) is 97.0 cm³/mol. The molecule has 0 aliphatic heterocycles. The molecular weight excluding hydrogens is 357 g/mol. The molecule has 0 fully saturated rings. The number of nitrogens with one attached hydrogen (secondary N) is 2. The van der Waals surface area contributed by atoms with Gasteiger partial charge < -0.3 is 10.6 Å². The van der Waals surface area contributed by atoms with Crippen LogP contribution < -0.4 is 10.6 Å². The Balaban J connectivity index is 1.80. The molecule has 0 radical (unpaired) electrons. The van der Waals surface area contributed by atoms with Crippen LogP contribution in [0, 0.1) is 0 Å². The smallest absolute Gasteiger partial charge is 0.355 e. The molecule has 0 aliphatic rings. The molecule has 7 heteroatoms. The standard InChI is InChI=1S/C20H19F3N2O2/c1-24-19(27)16-7-2-14(3-8-16)6-11-18(26)25-13-12-15-4-9-17(10-5-15)20(21,22)23/h2-11H,12-13H2,1H3,(H,24,27)(H,25,26)/b11-6+. The highest BCUT2D eigenvalue weighted by molar-refractivity contribution is 5.94. The first-order chi connectivity index (χ1) is 12.8. The topological polar surface area (TPSA) is 58.2 Å². The van der Waals surface area contributed by atoms with Gasteiger partial charge in [0.1, 0.15) is 0 Å². The summed E-state index contributed by atoms with van der Waals surface area (Å²) in [6.45, 7) is 0.310. The number of amides is 2. The van der Waals surface area contributed by atoms with Gasteiger partial charge in [-0.2, -0.15) is 13.2 Å². The summed E-state index contributed by atoms with van der Waals surface area (Å²) in [5.74, 6) is -0.496. The van der Waals surface area contributed by atoms with Gasteiger partial charge in [-0.05, 0) is 47.9 Å². The monoisotopic (exact) mass is 376 g/mol. The summed E-state index contributed by atoms with van der Waals surface area (Å²) in [6.07, 6.45) is -0.947. The zero-order valence-electron chi connectivity index (χ0n) is 14.6. The number of carbonyl (C=O) groups excluding carboxylic acids is 2. The number of rotatable bonds is 6. The van der Waals surface area contributed by atoms with E-state index in [-0.39, 0.29) is 11.8 Å². The Morgan fingerprint density at radius 1 is 1.00 bits per heavy atom. The van der Waals surface area contributed by atoms with Crippen LogP contribution in [0.1, 0.15) is 27.0 Å². The second-order valence-corrected chi connectivity index (χ2v) is 5.77. The van der Waals surface area contributed by atoms with Crippen LogP contribution >= 0.6 is 0 Å². The van der Waals surface area contributed by atoms with Gasteiger partial charge in [0.2, 0.25) is 5.91 Å². The van der Waals surface area contributed by atoms with E-state index in [2.05, 4.69) is 10.6 Å². The van der Waals surface area contributed by atoms with Crippen molar-refractivity contribution in [3.63, 3.8) is 0 Å². The van der Waals surface area contributed by atoms with E-state index < -0.39 is 11.7 Å². The summed E-state index contributed by atoms with van der Waals surface area (Å²) in [6, 6.07) is 11.6. The fourth-order valence-corrected chi connectivity index (χ4v) is 2.31. The molecule has 0 bridgehead atoms. The van der Waals surface area contributed by atoms with Crippen LogP contribution in [-0.4, -0.2) is 25.4 Å². The molecule has 0 saturated carbocycles. The maximum absolute atomic E-state index is 12.5. The van der Waals surface area contributed by atoms with Crippen molar-refractivity contribution in [1.82, 2.24) is 10.6 Å². The Labute approximate surface area is 155 Å². The first-order valence-electron chi connectivity index (χ1n) is 8.24. The van der Waals surface area contributed by atoms with Crippen molar-refractivity contribution in [2.24, 2.45) is 0 Å². The quantitative estimate of drug-likeness (QED) is 0.759. The van der Waals surface area contributed by atoms with Crippen LogP contribution in [0.5, 0.6) is 0 Å². The Bertz CT molecular complexity index is 811. The van der Waals surface area contributed by atoms with Gasteiger partial charge in [-0.25, -0.2) is 0 Å². The highest BCUT2D eigenvalue weighted by atomic mass is 19.4. The average Bonchev–Trinajstić information content (AvgIpc) is 2.66. The molecule has 2 amide bonds. The van der Waals surface area contributed by atoms with Crippen molar-refractivity contribution in [3.8, 4) is 0 Å². The Kier molecular flexibility index (Phi) is 6.76. The highest BCUT2D eigenvalue weighted by Crippen LogP contribution is 2.29. The van der Waals surface area contributed by atoms with Gasteiger partial charge in [-0.15, -0.1) is 0 Å². The molecule has 142 valence electrons. The Hall–Kier alpha value is -3.09. The maximum atomic E-state index is 12.5. The molecule has 2 N–H and O–H groups in total. The minimum absolute atomic E-state index is 0.188. The molecule has 0 aliphatic carbocycles. The molecule has 0 aromatic heterocycles. The minimum atomic E-state index is -4.35. The molecule has 27 heavy (non-hydrogen) atoms. The van der Waals surface area contributed by atoms with Crippen molar-refractivity contribution in [2.75, 3.05) is 13.6 Å². The first-order valence-corrected chi connectivity index (χ1v) is 8.24. The van der Waals surface area contributed by atoms with Gasteiger partial charge in [-0.3, -0.25) is 9.59 Å². The Morgan fingerprint density at radius 3 is 2.19 bits per heavy atom. The fourth-order valence-electron chi connectivity index (χ4n) is 2.31. The van der Waals surface area contributed by atoms with Gasteiger partial charge in [-0.1, -0.05) is 24.3 Å². The van der Waals surface area contributed by atoms with E-state index >= 15 is 0 Å². The van der Waals surface area contributed by atoms with Crippen LogP contribution in [-0.2, 0) is 17.4 Å². The van der Waals surface area contributed by atoms with Gasteiger partial charge in [0.05, 0.1) is 5.56 Å². The summed E-state index contributed by atoms with van der Waals surface area (Å²) in [7, 11) is 1.55. The number of hydrogen-bond donors (Lipinski definition) is 2. The molecule has 0 atom stereocenters. The Morgan fingerprint density at radius 2 is 1.63 bits per heavy atom. The van der Waals surface area contributed by atoms with E-state index in [4.69, 9.17) is 0 Å². The number of halogens is 3. The lowest BCUT2D eigenvalue weighted by molar-refractivity contribution is -0.137. The second-order valence-electron chi connectivity index (χ2n) is 5.77. The van der Waals surface area contributed by atoms with Crippen molar-refractivity contribution in [3.05, 3.63) is 76.9 Å². The SMILES string of the molecule is CNC(=O)c1ccc(/C=C/C(=O)NCCc2ccc(C(F)(F)F)cc2)cc1. The number of carbonyl (C=O) groups is 2. The van der Waals surface area contributed by atoms with E-state index in [1.165, 1.54) is 18.2 Å². The van der Waals surface area contributed by atoms with Crippen molar-refractivity contribution >= 4 is 17.9 Å². The summed E-state index contributed by atoms with van der Waals surface area (Å²) >= 11 is 0. The van der Waals surface area contributed by atoms with E-state index in [0.717, 1.165) is 17.7 Å². The molecule has 4 nitrogen and oxygen atoms in total. The van der Waals surface area contributed by atoms with Crippen molar-refractivity contribution < 1.29 is 22.8 Å². The van der Waals surface area contributed by atoms with Gasteiger partial charge in [0.15, 0.2) is 0 Å². The zero-order chi connectivity index (χ0) is 19.9. The van der Waals surface area contributed by atoms with Gasteiger partial charge >= 0.3 is 6.18 Å². The normalized spacial score (nSPS) is 11.4. The van der Waals surface area contributed by atoms with Crippen LogP contribution in [0.4, 0.5) is 13.2 Å². The van der Waals surface area contributed by atoms with Crippen LogP contribution in [0.15, 0.2) is 54.6 Å². The lowest BCUT2D eigenvalue weighted by Gasteiger charge is -2.07. The molecular formula is C20H19F3N2O2. The summed E-state index contributed by atoms with van der Waals surface area (Å²) in [5, 5.41) is 5.19. The predicted octanol–water partition coefficient (Wildman–Crippen LogP) is 3.44. The number of alkyl halides is 3. The molecule has 0 heterocycles. The summed E-state index contributed by atoms with van der Waals surface area (Å²) in [5.41, 5.74) is 1.30. The lowest BCUT2D eigenvalue weighted by Crippen LogP contribution is -2.23. The molecule has 2 aromatic carbocycles. The average molecular weight is 376 g/mol. The molecule has 0 spiro atoms. The van der Waals surface area contributed by atoms with E-state index in [1.54, 1.807) is 37.4 Å². The second kappa shape index (κ2) is 9.02. The summed E-state index contributed by atoms with van der Waals surface area (Å²) < 4.78 is 37.5. The number of hydrogen-bond acceptors (Lipinski definition) is 2.